The van der Waals surface area contributed by atoms with E-state index in [-0.39, 0.29) is 5.91 Å². The van der Waals surface area contributed by atoms with E-state index < -0.39 is 12.7 Å². The van der Waals surface area contributed by atoms with E-state index in [0.717, 1.165) is 10.2 Å². The van der Waals surface area contributed by atoms with Gasteiger partial charge in [0.2, 0.25) is 5.82 Å². The van der Waals surface area contributed by atoms with Gasteiger partial charge < -0.3 is 5.32 Å². The largest absolute Gasteiger partial charge is 0.408 e. The summed E-state index contributed by atoms with van der Waals surface area (Å²) in [5, 5.41) is 19.2. The summed E-state index contributed by atoms with van der Waals surface area (Å²) in [7, 11) is 1.66. The highest BCUT2D eigenvalue weighted by molar-refractivity contribution is 6.10. The van der Waals surface area contributed by atoms with E-state index in [1.807, 2.05) is 0 Å². The fraction of sp³-hybridized carbons (Fsp3) is 0.130. The number of nitrogens with one attached hydrogen (secondary N) is 1. The molecular formula is C23H17F3N8O. The normalized spacial score (nSPS) is 11.7. The number of tetrazole rings is 1. The van der Waals surface area contributed by atoms with Crippen LogP contribution < -0.4 is 5.32 Å². The maximum absolute atomic E-state index is 12.9. The van der Waals surface area contributed by atoms with E-state index in [1.54, 1.807) is 55.6 Å². The minimum atomic E-state index is -4.37. The number of alkyl halides is 3. The van der Waals surface area contributed by atoms with E-state index in [4.69, 9.17) is 0 Å². The van der Waals surface area contributed by atoms with Gasteiger partial charge in [-0.25, -0.2) is 0 Å². The number of carbonyl (C=O) groups excluding carboxylic acids is 1. The van der Waals surface area contributed by atoms with Crippen LogP contribution in [-0.2, 0) is 13.6 Å². The Bertz CT molecular complexity index is 1520. The molecule has 0 aliphatic heterocycles. The smallest absolute Gasteiger partial charge is 0.320 e. The summed E-state index contributed by atoms with van der Waals surface area (Å²) in [4.78, 5) is 18.6. The molecule has 5 rings (SSSR count). The standard InChI is InChI=1S/C23H17F3N8O/c1-33-31-21(30-32-33)14-5-7-15(8-6-14)22(35)29-19-4-2-3-18-17(9-10-27-20(18)19)16-11-28-34(12-16)13-23(24,25)26/h2-12H,13H2,1H3,(H,29,35). The Balaban J connectivity index is 1.41. The number of para-hydroxylation sites is 1. The molecule has 35 heavy (non-hydrogen) atoms. The number of nitrogens with zero attached hydrogens (tertiary/aromatic N) is 7. The Labute approximate surface area is 196 Å². The number of fused-ring (bicyclic) bond motifs is 1. The van der Waals surface area contributed by atoms with Crippen molar-refractivity contribution >= 4 is 22.5 Å². The van der Waals surface area contributed by atoms with E-state index in [1.165, 1.54) is 23.4 Å². The topological polar surface area (TPSA) is 103 Å². The number of anilines is 1. The molecule has 176 valence electrons. The van der Waals surface area contributed by atoms with Gasteiger partial charge >= 0.3 is 6.18 Å². The lowest BCUT2D eigenvalue weighted by atomic mass is 10.0. The average molecular weight is 478 g/mol. The van der Waals surface area contributed by atoms with Gasteiger partial charge in [0, 0.05) is 34.5 Å². The second kappa shape index (κ2) is 8.63. The molecule has 5 aromatic rings. The Hall–Kier alpha value is -4.61. The summed E-state index contributed by atoms with van der Waals surface area (Å²) < 4.78 is 39.0. The van der Waals surface area contributed by atoms with Crippen molar-refractivity contribution in [3.8, 4) is 22.5 Å². The van der Waals surface area contributed by atoms with Crippen LogP contribution in [0.25, 0.3) is 33.4 Å². The molecule has 12 heteroatoms. The molecule has 0 aliphatic rings. The average Bonchev–Trinajstić information content (AvgIpc) is 3.47. The molecule has 2 aromatic carbocycles. The molecule has 3 heterocycles. The Morgan fingerprint density at radius 2 is 1.86 bits per heavy atom. The van der Waals surface area contributed by atoms with Crippen LogP contribution >= 0.6 is 0 Å². The van der Waals surface area contributed by atoms with Gasteiger partial charge in [0.25, 0.3) is 5.91 Å². The minimum absolute atomic E-state index is 0.346. The third-order valence-corrected chi connectivity index (χ3v) is 5.22. The van der Waals surface area contributed by atoms with Gasteiger partial charge in [-0.2, -0.15) is 23.1 Å². The van der Waals surface area contributed by atoms with Crippen molar-refractivity contribution < 1.29 is 18.0 Å². The number of benzene rings is 2. The van der Waals surface area contributed by atoms with Gasteiger partial charge in [0.05, 0.1) is 24.4 Å². The van der Waals surface area contributed by atoms with Crippen LogP contribution in [0.5, 0.6) is 0 Å². The monoisotopic (exact) mass is 478 g/mol. The summed E-state index contributed by atoms with van der Waals surface area (Å²) in [6.45, 7) is -1.18. The minimum Gasteiger partial charge on any atom is -0.320 e. The molecule has 0 radical (unpaired) electrons. The molecule has 1 amide bonds. The fourth-order valence-corrected chi connectivity index (χ4v) is 3.67. The van der Waals surface area contributed by atoms with E-state index in [9.17, 15) is 18.0 Å². The van der Waals surface area contributed by atoms with Crippen molar-refractivity contribution in [3.63, 3.8) is 0 Å². The molecular weight excluding hydrogens is 461 g/mol. The highest BCUT2D eigenvalue weighted by Crippen LogP contribution is 2.31. The lowest BCUT2D eigenvalue weighted by Gasteiger charge is -2.11. The number of aryl methyl sites for hydroxylation is 1. The molecule has 9 nitrogen and oxygen atoms in total. The zero-order valence-electron chi connectivity index (χ0n) is 18.2. The molecule has 0 saturated heterocycles. The molecule has 3 aromatic heterocycles. The van der Waals surface area contributed by atoms with Crippen molar-refractivity contribution in [3.05, 3.63) is 72.7 Å². The quantitative estimate of drug-likeness (QED) is 0.408. The Morgan fingerprint density at radius 3 is 2.57 bits per heavy atom. The number of amides is 1. The van der Waals surface area contributed by atoms with Crippen LogP contribution in [0.4, 0.5) is 18.9 Å². The summed E-state index contributed by atoms with van der Waals surface area (Å²) in [6.07, 6.45) is -0.123. The maximum atomic E-state index is 12.9. The van der Waals surface area contributed by atoms with Crippen molar-refractivity contribution in [2.45, 2.75) is 12.7 Å². The van der Waals surface area contributed by atoms with Gasteiger partial charge in [0.1, 0.15) is 6.54 Å². The number of pyridine rings is 1. The fourth-order valence-electron chi connectivity index (χ4n) is 3.67. The lowest BCUT2D eigenvalue weighted by Crippen LogP contribution is -2.17. The zero-order valence-corrected chi connectivity index (χ0v) is 18.2. The number of hydrogen-bond acceptors (Lipinski definition) is 6. The first-order chi connectivity index (χ1) is 16.8. The highest BCUT2D eigenvalue weighted by Gasteiger charge is 2.28. The lowest BCUT2D eigenvalue weighted by molar-refractivity contribution is -0.142. The highest BCUT2D eigenvalue weighted by atomic mass is 19.4. The SMILES string of the molecule is Cn1nnc(-c2ccc(C(=O)Nc3cccc4c(-c5cnn(CC(F)(F)F)c5)ccnc34)cc2)n1. The predicted molar refractivity (Wildman–Crippen MR) is 121 cm³/mol. The zero-order chi connectivity index (χ0) is 24.6. The molecule has 0 aliphatic carbocycles. The van der Waals surface area contributed by atoms with Gasteiger partial charge in [-0.15, -0.1) is 10.2 Å². The molecule has 0 bridgehead atoms. The molecule has 1 N–H and O–H groups in total. The van der Waals surface area contributed by atoms with E-state index in [2.05, 4.69) is 30.8 Å². The summed E-state index contributed by atoms with van der Waals surface area (Å²) >= 11 is 0. The van der Waals surface area contributed by atoms with Crippen LogP contribution in [0.1, 0.15) is 10.4 Å². The molecule has 0 fully saturated rings. The van der Waals surface area contributed by atoms with Crippen molar-refractivity contribution in [2.75, 3.05) is 5.32 Å². The molecule has 0 spiro atoms. The van der Waals surface area contributed by atoms with Gasteiger partial charge in [-0.3, -0.25) is 14.5 Å². The predicted octanol–water partition coefficient (Wildman–Crippen LogP) is 4.10. The summed E-state index contributed by atoms with van der Waals surface area (Å²) in [5.74, 6) is 0.102. The van der Waals surface area contributed by atoms with Crippen LogP contribution in [0.2, 0.25) is 0 Å². The second-order valence-electron chi connectivity index (χ2n) is 7.74. The van der Waals surface area contributed by atoms with E-state index in [0.29, 0.717) is 39.1 Å². The molecule has 0 saturated carbocycles. The number of rotatable bonds is 5. The summed E-state index contributed by atoms with van der Waals surface area (Å²) in [6, 6.07) is 13.7. The first-order valence-electron chi connectivity index (χ1n) is 10.4. The number of hydrogen-bond donors (Lipinski definition) is 1. The number of aromatic nitrogens is 7. The van der Waals surface area contributed by atoms with Gasteiger partial charge in [0.15, 0.2) is 0 Å². The van der Waals surface area contributed by atoms with Crippen LogP contribution in [-0.4, -0.2) is 47.1 Å². The second-order valence-corrected chi connectivity index (χ2v) is 7.74. The first-order valence-corrected chi connectivity index (χ1v) is 10.4. The third-order valence-electron chi connectivity index (χ3n) is 5.22. The number of halogens is 3. The van der Waals surface area contributed by atoms with Crippen molar-refractivity contribution in [1.82, 2.24) is 35.0 Å². The Kier molecular flexibility index (Phi) is 5.47. The Morgan fingerprint density at radius 1 is 1.06 bits per heavy atom. The number of carbonyl (C=O) groups is 1. The third kappa shape index (κ3) is 4.71. The summed E-state index contributed by atoms with van der Waals surface area (Å²) in [5.41, 5.74) is 3.27. The van der Waals surface area contributed by atoms with Crippen LogP contribution in [0, 0.1) is 0 Å². The van der Waals surface area contributed by atoms with Crippen LogP contribution in [0.3, 0.4) is 0 Å². The van der Waals surface area contributed by atoms with E-state index >= 15 is 0 Å². The van der Waals surface area contributed by atoms with Gasteiger partial charge in [-0.1, -0.05) is 24.3 Å². The van der Waals surface area contributed by atoms with Gasteiger partial charge in [-0.05, 0) is 35.0 Å². The van der Waals surface area contributed by atoms with Crippen molar-refractivity contribution in [1.29, 1.82) is 0 Å². The first kappa shape index (κ1) is 22.2. The van der Waals surface area contributed by atoms with Crippen molar-refractivity contribution in [2.24, 2.45) is 7.05 Å². The maximum Gasteiger partial charge on any atom is 0.408 e. The molecule has 0 atom stereocenters. The molecule has 0 unspecified atom stereocenters. The van der Waals surface area contributed by atoms with Crippen LogP contribution in [0.15, 0.2) is 67.1 Å².